The van der Waals surface area contributed by atoms with Gasteiger partial charge in [-0.15, -0.1) is 0 Å². The third-order valence-corrected chi connectivity index (χ3v) is 18.1. The molecule has 5 heteroatoms. The maximum absolute atomic E-state index is 2.98. The SMILES string of the molecule is C[Si](C)(C)N([Si](C)(C)C)[Si](C)(C)C.[La]. The Bertz CT molecular complexity index is 143. The first-order valence-corrected chi connectivity index (χ1v) is 15.5. The van der Waals surface area contributed by atoms with Crippen LogP contribution in [0.1, 0.15) is 0 Å². The summed E-state index contributed by atoms with van der Waals surface area (Å²) < 4.78 is 2.98. The molecule has 0 aliphatic carbocycles. The van der Waals surface area contributed by atoms with Crippen LogP contribution in [0.2, 0.25) is 58.9 Å². The molecule has 14 heavy (non-hydrogen) atoms. The first kappa shape index (κ1) is 18.2. The molecule has 0 saturated carbocycles. The quantitative estimate of drug-likeness (QED) is 0.682. The zero-order chi connectivity index (χ0) is 11.1. The number of hydrogen-bond donors (Lipinski definition) is 0. The summed E-state index contributed by atoms with van der Waals surface area (Å²) in [4.78, 5) is 0. The van der Waals surface area contributed by atoms with Crippen molar-refractivity contribution >= 4 is 24.7 Å². The van der Waals surface area contributed by atoms with Crippen molar-refractivity contribution in [2.45, 2.75) is 58.9 Å². The van der Waals surface area contributed by atoms with Crippen LogP contribution in [-0.2, 0) is 0 Å². The summed E-state index contributed by atoms with van der Waals surface area (Å²) in [7, 11) is -3.30. The molecule has 0 rings (SSSR count). The van der Waals surface area contributed by atoms with E-state index in [0.29, 0.717) is 0 Å². The number of hydrogen-bond acceptors (Lipinski definition) is 1. The summed E-state index contributed by atoms with van der Waals surface area (Å²) >= 11 is 0. The van der Waals surface area contributed by atoms with Crippen molar-refractivity contribution in [3.8, 4) is 0 Å². The van der Waals surface area contributed by atoms with Gasteiger partial charge in [0.2, 0.25) is 0 Å². The molecule has 0 aromatic carbocycles. The van der Waals surface area contributed by atoms with Crippen molar-refractivity contribution in [2.24, 2.45) is 0 Å². The van der Waals surface area contributed by atoms with E-state index in [0.717, 1.165) is 0 Å². The van der Waals surface area contributed by atoms with Crippen molar-refractivity contribution < 1.29 is 35.6 Å². The van der Waals surface area contributed by atoms with Crippen LogP contribution in [0.3, 0.4) is 0 Å². The van der Waals surface area contributed by atoms with E-state index >= 15 is 0 Å². The summed E-state index contributed by atoms with van der Waals surface area (Å²) in [5.74, 6) is 0. The van der Waals surface area contributed by atoms with Gasteiger partial charge in [-0.25, -0.2) is 0 Å². The first-order valence-electron chi connectivity index (χ1n) is 5.17. The van der Waals surface area contributed by atoms with Gasteiger partial charge >= 0.3 is 0 Å². The maximum Gasteiger partial charge on any atom is 0.105 e. The van der Waals surface area contributed by atoms with Gasteiger partial charge in [-0.1, -0.05) is 58.9 Å². The fourth-order valence-electron chi connectivity index (χ4n) is 3.02. The molecular weight excluding hydrogens is 345 g/mol. The van der Waals surface area contributed by atoms with Gasteiger partial charge in [0.1, 0.15) is 24.7 Å². The summed E-state index contributed by atoms with van der Waals surface area (Å²) in [6.07, 6.45) is 0. The zero-order valence-electron chi connectivity index (χ0n) is 11.5. The Hall–Kier alpha value is 1.81. The molecule has 0 aromatic rings. The van der Waals surface area contributed by atoms with Crippen LogP contribution in [0, 0.1) is 35.6 Å². The Labute approximate surface area is 122 Å². The summed E-state index contributed by atoms with van der Waals surface area (Å²) in [6, 6.07) is 0. The Morgan fingerprint density at radius 2 is 0.643 bits per heavy atom. The summed E-state index contributed by atoms with van der Waals surface area (Å²) in [6.45, 7) is 22.4. The van der Waals surface area contributed by atoms with Gasteiger partial charge in [0, 0.05) is 35.6 Å². The molecular formula is C9H27LaNSi3. The van der Waals surface area contributed by atoms with Gasteiger partial charge in [0.05, 0.1) is 0 Å². The van der Waals surface area contributed by atoms with Crippen LogP contribution in [0.4, 0.5) is 0 Å². The normalized spacial score (nSPS) is 14.1. The van der Waals surface area contributed by atoms with Crippen LogP contribution in [0.25, 0.3) is 0 Å². The van der Waals surface area contributed by atoms with Crippen molar-refractivity contribution in [1.29, 1.82) is 0 Å². The molecule has 0 atom stereocenters. The first-order chi connectivity index (χ1) is 5.37. The standard InChI is InChI=1S/C9H27NSi3.La/c1-11(2,3)10(12(4,5)6)13(7,8)9;/h1-9H3;. The molecule has 0 heterocycles. The zero-order valence-corrected chi connectivity index (χ0v) is 18.2. The maximum atomic E-state index is 2.98. The molecule has 0 unspecified atom stereocenters. The van der Waals surface area contributed by atoms with E-state index in [2.05, 4.69) is 62.8 Å². The third kappa shape index (κ3) is 5.77. The molecule has 0 aliphatic heterocycles. The predicted molar refractivity (Wildman–Crippen MR) is 71.9 cm³/mol. The smallest absolute Gasteiger partial charge is 0.105 e. The molecule has 0 amide bonds. The molecule has 0 aliphatic rings. The molecule has 0 saturated heterocycles. The Morgan fingerprint density at radius 1 is 0.500 bits per heavy atom. The summed E-state index contributed by atoms with van der Waals surface area (Å²) in [5.41, 5.74) is 0. The molecule has 0 bridgehead atoms. The fraction of sp³-hybridized carbons (Fsp3) is 1.00. The van der Waals surface area contributed by atoms with E-state index in [9.17, 15) is 0 Å². The van der Waals surface area contributed by atoms with E-state index in [1.807, 2.05) is 0 Å². The van der Waals surface area contributed by atoms with Gasteiger partial charge in [-0.3, -0.25) is 0 Å². The average molecular weight is 372 g/mol. The minimum atomic E-state index is -1.10. The Morgan fingerprint density at radius 3 is 0.643 bits per heavy atom. The topological polar surface area (TPSA) is 3.24 Å². The molecule has 1 radical (unpaired) electrons. The molecule has 1 nitrogen and oxygen atoms in total. The fourth-order valence-corrected chi connectivity index (χ4v) is 27.2. The van der Waals surface area contributed by atoms with Crippen LogP contribution in [-0.4, -0.2) is 28.6 Å². The second-order valence-electron chi connectivity index (χ2n) is 6.85. The van der Waals surface area contributed by atoms with E-state index in [1.165, 1.54) is 0 Å². The number of nitrogens with zero attached hydrogens (tertiary/aromatic N) is 1. The van der Waals surface area contributed by atoms with Crippen molar-refractivity contribution in [3.63, 3.8) is 0 Å². The van der Waals surface area contributed by atoms with Crippen LogP contribution in [0.5, 0.6) is 0 Å². The minimum absolute atomic E-state index is 0. The van der Waals surface area contributed by atoms with Crippen LogP contribution >= 0.6 is 0 Å². The summed E-state index contributed by atoms with van der Waals surface area (Å²) in [5, 5.41) is 0. The molecule has 0 N–H and O–H groups in total. The van der Waals surface area contributed by atoms with Crippen molar-refractivity contribution in [1.82, 2.24) is 3.90 Å². The average Bonchev–Trinajstić information content (AvgIpc) is 1.44. The van der Waals surface area contributed by atoms with Crippen molar-refractivity contribution in [3.05, 3.63) is 0 Å². The van der Waals surface area contributed by atoms with E-state index in [-0.39, 0.29) is 35.6 Å². The molecule has 0 aromatic heterocycles. The second-order valence-corrected chi connectivity index (χ2v) is 22.6. The van der Waals surface area contributed by atoms with E-state index in [4.69, 9.17) is 0 Å². The van der Waals surface area contributed by atoms with Crippen LogP contribution < -0.4 is 0 Å². The Balaban J connectivity index is 0. The molecule has 0 fully saturated rings. The molecule has 0 spiro atoms. The van der Waals surface area contributed by atoms with Gasteiger partial charge < -0.3 is 3.90 Å². The largest absolute Gasteiger partial charge is 0.369 e. The van der Waals surface area contributed by atoms with Gasteiger partial charge in [0.25, 0.3) is 0 Å². The second kappa shape index (κ2) is 5.43. The third-order valence-electron chi connectivity index (χ3n) is 2.01. The van der Waals surface area contributed by atoms with Crippen molar-refractivity contribution in [2.75, 3.05) is 0 Å². The van der Waals surface area contributed by atoms with Gasteiger partial charge in [0.15, 0.2) is 0 Å². The monoisotopic (exact) mass is 372 g/mol. The molecule has 83 valence electrons. The van der Waals surface area contributed by atoms with Gasteiger partial charge in [-0.2, -0.15) is 0 Å². The van der Waals surface area contributed by atoms with E-state index < -0.39 is 24.7 Å². The predicted octanol–water partition coefficient (Wildman–Crippen LogP) is 3.79. The minimum Gasteiger partial charge on any atom is -0.369 e. The number of rotatable bonds is 3. The van der Waals surface area contributed by atoms with E-state index in [1.54, 1.807) is 0 Å². The van der Waals surface area contributed by atoms with Gasteiger partial charge in [-0.05, 0) is 0 Å². The Kier molecular flexibility index (Phi) is 7.04. The van der Waals surface area contributed by atoms with Crippen LogP contribution in [0.15, 0.2) is 0 Å².